The number of carbonyl (C=O) groups is 2. The number of fused-ring (bicyclic) bond motifs is 8. The minimum absolute atomic E-state index is 0.170. The van der Waals surface area contributed by atoms with Gasteiger partial charge >= 0.3 is 0 Å². The van der Waals surface area contributed by atoms with Gasteiger partial charge in [-0.3, -0.25) is 9.59 Å². The fraction of sp³-hybridized carbons (Fsp3) is 0.261. The SMILES string of the molecule is CC(C)(C)[Si](C)(C)N1C(=O)c2c(c3c4ccccc4nc3c3[nH]c(Cl)ccc23)C1=O. The maximum atomic E-state index is 13.8. The highest BCUT2D eigenvalue weighted by molar-refractivity contribution is 6.83. The van der Waals surface area contributed by atoms with E-state index in [1.165, 1.54) is 0 Å². The zero-order chi connectivity index (χ0) is 21.6. The van der Waals surface area contributed by atoms with Crippen molar-refractivity contribution in [2.24, 2.45) is 0 Å². The molecule has 0 aliphatic carbocycles. The number of hydrogen-bond acceptors (Lipinski definition) is 3. The number of carbonyl (C=O) groups excluding carboxylic acids is 2. The Hall–Kier alpha value is -2.70. The number of halogens is 1. The van der Waals surface area contributed by atoms with Crippen molar-refractivity contribution in [2.45, 2.75) is 38.9 Å². The summed E-state index contributed by atoms with van der Waals surface area (Å²) < 4.78 is 1.56. The van der Waals surface area contributed by atoms with Crippen molar-refractivity contribution in [3.63, 3.8) is 0 Å². The van der Waals surface area contributed by atoms with E-state index >= 15 is 0 Å². The summed E-state index contributed by atoms with van der Waals surface area (Å²) in [6.07, 6.45) is 0. The van der Waals surface area contributed by atoms with Gasteiger partial charge < -0.3 is 9.55 Å². The summed E-state index contributed by atoms with van der Waals surface area (Å²) in [5.41, 5.74) is 3.08. The molecule has 5 nitrogen and oxygen atoms in total. The first-order valence-corrected chi connectivity index (χ1v) is 13.3. The van der Waals surface area contributed by atoms with Crippen LogP contribution in [0.1, 0.15) is 41.5 Å². The van der Waals surface area contributed by atoms with E-state index in [1.54, 1.807) is 10.6 Å². The van der Waals surface area contributed by atoms with Crippen molar-refractivity contribution in [1.82, 2.24) is 14.5 Å². The molecule has 0 fully saturated rings. The molecule has 2 amide bonds. The third kappa shape index (κ3) is 2.32. The normalized spacial score (nSPS) is 15.1. The van der Waals surface area contributed by atoms with E-state index < -0.39 is 8.24 Å². The average molecular weight is 436 g/mol. The fourth-order valence-corrected chi connectivity index (χ4v) is 6.31. The Labute approximate surface area is 180 Å². The van der Waals surface area contributed by atoms with Crippen molar-refractivity contribution < 1.29 is 9.59 Å². The van der Waals surface area contributed by atoms with Crippen LogP contribution in [0.5, 0.6) is 0 Å². The molecule has 4 aromatic rings. The maximum Gasteiger partial charge on any atom is 0.254 e. The molecule has 1 aliphatic rings. The molecule has 0 radical (unpaired) electrons. The summed E-state index contributed by atoms with van der Waals surface area (Å²) in [5, 5.41) is 2.57. The molecule has 2 aromatic heterocycles. The lowest BCUT2D eigenvalue weighted by atomic mass is 9.97. The quantitative estimate of drug-likeness (QED) is 0.222. The number of imide groups is 1. The Morgan fingerprint density at radius 1 is 0.967 bits per heavy atom. The first-order valence-electron chi connectivity index (χ1n) is 9.95. The highest BCUT2D eigenvalue weighted by atomic mass is 35.5. The van der Waals surface area contributed by atoms with Gasteiger partial charge in [-0.1, -0.05) is 63.7 Å². The van der Waals surface area contributed by atoms with Crippen LogP contribution in [0.15, 0.2) is 36.4 Å². The highest BCUT2D eigenvalue weighted by Gasteiger charge is 2.52. The number of nitrogens with one attached hydrogen (secondary N) is 1. The fourth-order valence-electron chi connectivity index (χ4n) is 4.24. The number of hydrogen-bond donors (Lipinski definition) is 1. The van der Waals surface area contributed by atoms with Crippen molar-refractivity contribution in [2.75, 3.05) is 0 Å². The van der Waals surface area contributed by atoms with Gasteiger partial charge in [-0.25, -0.2) is 4.98 Å². The number of H-pyrrole nitrogens is 1. The first-order chi connectivity index (χ1) is 14.0. The van der Waals surface area contributed by atoms with E-state index in [-0.39, 0.29) is 16.9 Å². The summed E-state index contributed by atoms with van der Waals surface area (Å²) in [7, 11) is -2.45. The number of aromatic nitrogens is 2. The van der Waals surface area contributed by atoms with E-state index in [2.05, 4.69) is 38.8 Å². The van der Waals surface area contributed by atoms with Crippen LogP contribution < -0.4 is 0 Å². The van der Waals surface area contributed by atoms with E-state index in [4.69, 9.17) is 16.6 Å². The average Bonchev–Trinajstić information content (AvgIpc) is 3.16. The second-order valence-electron chi connectivity index (χ2n) is 9.45. The number of benzene rings is 2. The summed E-state index contributed by atoms with van der Waals surface area (Å²) >= 11 is 6.26. The summed E-state index contributed by atoms with van der Waals surface area (Å²) in [6, 6.07) is 11.2. The largest absolute Gasteiger partial charge is 0.344 e. The zero-order valence-corrected chi connectivity index (χ0v) is 19.3. The number of nitrogens with zero attached hydrogens (tertiary/aromatic N) is 2. The molecule has 0 atom stereocenters. The Bertz CT molecular complexity index is 1420. The van der Waals surface area contributed by atoms with Crippen LogP contribution in [-0.4, -0.2) is 34.6 Å². The molecule has 0 unspecified atom stereocenters. The lowest BCUT2D eigenvalue weighted by Crippen LogP contribution is -2.57. The number of amides is 2. The molecular formula is C23H22ClN3O2Si. The van der Waals surface area contributed by atoms with Crippen LogP contribution >= 0.6 is 11.6 Å². The monoisotopic (exact) mass is 435 g/mol. The number of para-hydroxylation sites is 1. The van der Waals surface area contributed by atoms with Crippen LogP contribution in [0.25, 0.3) is 32.7 Å². The number of pyridine rings is 1. The predicted molar refractivity (Wildman–Crippen MR) is 124 cm³/mol. The van der Waals surface area contributed by atoms with Crippen LogP contribution in [0.3, 0.4) is 0 Å². The van der Waals surface area contributed by atoms with E-state index in [9.17, 15) is 9.59 Å². The molecule has 152 valence electrons. The van der Waals surface area contributed by atoms with Gasteiger partial charge in [0.25, 0.3) is 11.8 Å². The van der Waals surface area contributed by atoms with Gasteiger partial charge in [0, 0.05) is 16.2 Å². The predicted octanol–water partition coefficient (Wildman–Crippen LogP) is 6.12. The smallest absolute Gasteiger partial charge is 0.254 e. The first kappa shape index (κ1) is 19.3. The van der Waals surface area contributed by atoms with Crippen molar-refractivity contribution >= 4 is 64.4 Å². The molecule has 7 heteroatoms. The Morgan fingerprint density at radius 3 is 2.33 bits per heavy atom. The van der Waals surface area contributed by atoms with Crippen LogP contribution in [0, 0.1) is 0 Å². The summed E-state index contributed by atoms with van der Waals surface area (Å²) in [4.78, 5) is 35.6. The molecule has 0 saturated heterocycles. The van der Waals surface area contributed by atoms with Crippen LogP contribution in [0.2, 0.25) is 23.3 Å². The van der Waals surface area contributed by atoms with Gasteiger partial charge in [0.1, 0.15) is 5.15 Å². The lowest BCUT2D eigenvalue weighted by Gasteiger charge is -2.42. The standard InChI is InChI=1S/C23H22ClN3O2Si/c1-23(2,3)30(4,5)27-21(28)17-13-10-11-15(24)26-19(13)20-16(18(17)22(27)29)12-8-6-7-9-14(12)25-20/h6-11,26H,1-5H3. The summed E-state index contributed by atoms with van der Waals surface area (Å²) in [6.45, 7) is 10.5. The van der Waals surface area contributed by atoms with Gasteiger partial charge in [-0.2, -0.15) is 0 Å². The van der Waals surface area contributed by atoms with Crippen molar-refractivity contribution in [1.29, 1.82) is 0 Å². The molecule has 0 bridgehead atoms. The Balaban J connectivity index is 1.97. The Morgan fingerprint density at radius 2 is 1.63 bits per heavy atom. The minimum Gasteiger partial charge on any atom is -0.344 e. The summed E-state index contributed by atoms with van der Waals surface area (Å²) in [5.74, 6) is -0.420. The van der Waals surface area contributed by atoms with Crippen LogP contribution in [-0.2, 0) is 0 Å². The van der Waals surface area contributed by atoms with Gasteiger partial charge in [-0.15, -0.1) is 0 Å². The molecular weight excluding hydrogens is 414 g/mol. The van der Waals surface area contributed by atoms with E-state index in [0.29, 0.717) is 32.7 Å². The van der Waals surface area contributed by atoms with Gasteiger partial charge in [-0.05, 0) is 23.2 Å². The van der Waals surface area contributed by atoms with E-state index in [1.807, 2.05) is 30.3 Å². The van der Waals surface area contributed by atoms with Crippen molar-refractivity contribution in [3.05, 3.63) is 52.7 Å². The van der Waals surface area contributed by atoms with Crippen molar-refractivity contribution in [3.8, 4) is 0 Å². The third-order valence-corrected chi connectivity index (χ3v) is 12.2. The van der Waals surface area contributed by atoms with E-state index in [0.717, 1.165) is 16.3 Å². The second kappa shape index (κ2) is 5.92. The molecule has 3 heterocycles. The topological polar surface area (TPSA) is 66.1 Å². The molecule has 30 heavy (non-hydrogen) atoms. The molecule has 5 rings (SSSR count). The molecule has 1 aliphatic heterocycles. The molecule has 1 N–H and O–H groups in total. The van der Waals surface area contributed by atoms with Gasteiger partial charge in [0.15, 0.2) is 8.24 Å². The van der Waals surface area contributed by atoms with Gasteiger partial charge in [0.05, 0.1) is 27.7 Å². The molecule has 2 aromatic carbocycles. The van der Waals surface area contributed by atoms with Crippen LogP contribution in [0.4, 0.5) is 0 Å². The minimum atomic E-state index is -2.45. The second-order valence-corrected chi connectivity index (χ2v) is 14.9. The van der Waals surface area contributed by atoms with Gasteiger partial charge in [0.2, 0.25) is 0 Å². The zero-order valence-electron chi connectivity index (χ0n) is 17.6. The Kier molecular flexibility index (Phi) is 3.81. The number of rotatable bonds is 1. The number of aromatic amines is 1. The molecule has 0 saturated carbocycles. The highest BCUT2D eigenvalue weighted by Crippen LogP contribution is 2.46. The third-order valence-electron chi connectivity index (χ3n) is 6.79. The lowest BCUT2D eigenvalue weighted by molar-refractivity contribution is 0.0747. The molecule has 0 spiro atoms. The maximum absolute atomic E-state index is 13.8.